The fourth-order valence-corrected chi connectivity index (χ4v) is 4.55. The van der Waals surface area contributed by atoms with E-state index in [0.29, 0.717) is 17.4 Å². The van der Waals surface area contributed by atoms with Crippen molar-refractivity contribution in [1.29, 1.82) is 0 Å². The van der Waals surface area contributed by atoms with Crippen LogP contribution in [0.1, 0.15) is 44.9 Å². The first-order chi connectivity index (χ1) is 17.2. The lowest BCUT2D eigenvalue weighted by molar-refractivity contribution is 0.223. The zero-order chi connectivity index (χ0) is 24.0. The minimum atomic E-state index is 0.445. The summed E-state index contributed by atoms with van der Waals surface area (Å²) < 4.78 is 12.9. The third-order valence-corrected chi connectivity index (χ3v) is 6.40. The Balaban J connectivity index is 1.43. The topological polar surface area (TPSA) is 94.1 Å². The van der Waals surface area contributed by atoms with Gasteiger partial charge >= 0.3 is 0 Å². The number of nitrogens with zero attached hydrogens (tertiary/aromatic N) is 6. The van der Waals surface area contributed by atoms with Gasteiger partial charge in [-0.3, -0.25) is 4.57 Å². The average Bonchev–Trinajstić information content (AvgIpc) is 3.50. The number of aromatic nitrogens is 5. The number of hydrogen-bond acceptors (Lipinski definition) is 8. The van der Waals surface area contributed by atoms with Crippen molar-refractivity contribution in [1.82, 2.24) is 29.6 Å². The first-order valence-electron chi connectivity index (χ1n) is 12.6. The highest BCUT2D eigenvalue weighted by molar-refractivity contribution is 5.78. The van der Waals surface area contributed by atoms with E-state index in [9.17, 15) is 0 Å². The molecule has 1 aliphatic heterocycles. The Hall–Kier alpha value is -3.46. The summed E-state index contributed by atoms with van der Waals surface area (Å²) >= 11 is 0. The van der Waals surface area contributed by atoms with Crippen molar-refractivity contribution < 1.29 is 9.26 Å². The molecule has 1 aliphatic rings. The van der Waals surface area contributed by atoms with Crippen LogP contribution in [-0.4, -0.2) is 56.3 Å². The van der Waals surface area contributed by atoms with E-state index < -0.39 is 0 Å². The number of anilines is 2. The smallest absolute Gasteiger partial charge is 0.276 e. The van der Waals surface area contributed by atoms with Gasteiger partial charge in [0.05, 0.1) is 7.11 Å². The SMILES string of the molecule is CCCc1noc(-c2ccc3nc(Nc4ccc(OC)cc4)n(CCCN4CCCCC4)c3n2)n1. The van der Waals surface area contributed by atoms with E-state index in [4.69, 9.17) is 19.2 Å². The molecule has 0 aliphatic carbocycles. The van der Waals surface area contributed by atoms with Gasteiger partial charge < -0.3 is 19.5 Å². The maximum atomic E-state index is 5.49. The number of likely N-dealkylation sites (tertiary alicyclic amines) is 1. The lowest BCUT2D eigenvalue weighted by Gasteiger charge is -2.26. The van der Waals surface area contributed by atoms with Gasteiger partial charge in [0.2, 0.25) is 5.95 Å². The molecule has 184 valence electrons. The summed E-state index contributed by atoms with van der Waals surface area (Å²) in [5, 5.41) is 7.56. The van der Waals surface area contributed by atoms with Gasteiger partial charge in [-0.1, -0.05) is 18.5 Å². The van der Waals surface area contributed by atoms with Crippen molar-refractivity contribution in [2.45, 2.75) is 52.0 Å². The Morgan fingerprint density at radius 2 is 1.80 bits per heavy atom. The average molecular weight is 476 g/mol. The molecule has 9 heteroatoms. The second kappa shape index (κ2) is 10.9. The van der Waals surface area contributed by atoms with Crippen molar-refractivity contribution >= 4 is 22.8 Å². The van der Waals surface area contributed by atoms with E-state index in [0.717, 1.165) is 60.9 Å². The molecule has 35 heavy (non-hydrogen) atoms. The highest BCUT2D eigenvalue weighted by atomic mass is 16.5. The molecule has 4 heterocycles. The van der Waals surface area contributed by atoms with E-state index in [1.54, 1.807) is 7.11 Å². The first-order valence-corrected chi connectivity index (χ1v) is 12.6. The number of pyridine rings is 1. The normalized spacial score (nSPS) is 14.5. The molecule has 4 aromatic rings. The number of fused-ring (bicyclic) bond motifs is 1. The number of ether oxygens (including phenoxy) is 1. The van der Waals surface area contributed by atoms with Crippen LogP contribution >= 0.6 is 0 Å². The lowest BCUT2D eigenvalue weighted by atomic mass is 10.1. The maximum absolute atomic E-state index is 5.49. The van der Waals surface area contributed by atoms with Crippen molar-refractivity contribution in [3.05, 3.63) is 42.2 Å². The zero-order valence-electron chi connectivity index (χ0n) is 20.5. The molecule has 0 spiro atoms. The Kier molecular flexibility index (Phi) is 7.23. The van der Waals surface area contributed by atoms with Crippen LogP contribution in [0.5, 0.6) is 5.75 Å². The monoisotopic (exact) mass is 475 g/mol. The van der Waals surface area contributed by atoms with Gasteiger partial charge in [-0.05, 0) is 81.7 Å². The van der Waals surface area contributed by atoms with Crippen LogP contribution in [0, 0.1) is 0 Å². The summed E-state index contributed by atoms with van der Waals surface area (Å²) in [6.07, 6.45) is 6.73. The summed E-state index contributed by atoms with van der Waals surface area (Å²) in [6, 6.07) is 11.7. The number of rotatable bonds is 10. The quantitative estimate of drug-likeness (QED) is 0.340. The predicted octanol–water partition coefficient (Wildman–Crippen LogP) is 5.06. The highest BCUT2D eigenvalue weighted by Crippen LogP contribution is 2.26. The number of benzene rings is 1. The van der Waals surface area contributed by atoms with Gasteiger partial charge in [-0.15, -0.1) is 0 Å². The van der Waals surface area contributed by atoms with E-state index in [2.05, 4.69) is 31.8 Å². The standard InChI is InChI=1S/C26H33N7O2/c1-3-8-23-30-25(35-31-23)22-14-13-21-24(28-22)33(18-7-17-32-15-5-4-6-16-32)26(29-21)27-19-9-11-20(34-2)12-10-19/h9-14H,3-8,15-18H2,1-2H3,(H,27,29). The highest BCUT2D eigenvalue weighted by Gasteiger charge is 2.17. The maximum Gasteiger partial charge on any atom is 0.276 e. The van der Waals surface area contributed by atoms with E-state index in [1.165, 1.54) is 32.4 Å². The molecule has 1 aromatic carbocycles. The van der Waals surface area contributed by atoms with Gasteiger partial charge in [-0.25, -0.2) is 9.97 Å². The molecule has 0 bridgehead atoms. The number of imidazole rings is 1. The number of methoxy groups -OCH3 is 1. The van der Waals surface area contributed by atoms with E-state index in [1.807, 2.05) is 36.4 Å². The molecule has 1 fully saturated rings. The summed E-state index contributed by atoms with van der Waals surface area (Å²) in [5.74, 6) is 2.74. The van der Waals surface area contributed by atoms with Crippen LogP contribution < -0.4 is 10.1 Å². The molecule has 0 saturated carbocycles. The molecule has 0 amide bonds. The van der Waals surface area contributed by atoms with Crippen molar-refractivity contribution in [3.8, 4) is 17.3 Å². The molecule has 0 unspecified atom stereocenters. The van der Waals surface area contributed by atoms with Gasteiger partial charge in [-0.2, -0.15) is 4.98 Å². The Bertz CT molecular complexity index is 1240. The Morgan fingerprint density at radius 3 is 2.57 bits per heavy atom. The molecular formula is C26H33N7O2. The van der Waals surface area contributed by atoms with Gasteiger partial charge in [0.15, 0.2) is 11.5 Å². The zero-order valence-corrected chi connectivity index (χ0v) is 20.5. The van der Waals surface area contributed by atoms with Gasteiger partial charge in [0.25, 0.3) is 5.89 Å². The molecule has 1 N–H and O–H groups in total. The number of hydrogen-bond donors (Lipinski definition) is 1. The summed E-state index contributed by atoms with van der Waals surface area (Å²) in [5.41, 5.74) is 3.25. The van der Waals surface area contributed by atoms with E-state index >= 15 is 0 Å². The fraction of sp³-hybridized carbons (Fsp3) is 0.462. The van der Waals surface area contributed by atoms with Crippen LogP contribution in [0.3, 0.4) is 0 Å². The molecule has 5 rings (SSSR count). The number of nitrogens with one attached hydrogen (secondary N) is 1. The minimum absolute atomic E-state index is 0.445. The second-order valence-electron chi connectivity index (χ2n) is 9.00. The molecule has 0 atom stereocenters. The molecule has 3 aromatic heterocycles. The second-order valence-corrected chi connectivity index (χ2v) is 9.00. The molecular weight excluding hydrogens is 442 g/mol. The van der Waals surface area contributed by atoms with Crippen molar-refractivity contribution in [2.75, 3.05) is 32.1 Å². The summed E-state index contributed by atoms with van der Waals surface area (Å²) in [7, 11) is 1.67. The van der Waals surface area contributed by atoms with Crippen molar-refractivity contribution in [3.63, 3.8) is 0 Å². The Morgan fingerprint density at radius 1 is 0.971 bits per heavy atom. The molecule has 1 saturated heterocycles. The third-order valence-electron chi connectivity index (χ3n) is 6.40. The lowest BCUT2D eigenvalue weighted by Crippen LogP contribution is -2.31. The first kappa shape index (κ1) is 23.3. The summed E-state index contributed by atoms with van der Waals surface area (Å²) in [6.45, 7) is 6.38. The van der Waals surface area contributed by atoms with Crippen LogP contribution in [0.15, 0.2) is 40.9 Å². The van der Waals surface area contributed by atoms with Crippen LogP contribution in [0.2, 0.25) is 0 Å². The van der Waals surface area contributed by atoms with E-state index in [-0.39, 0.29) is 0 Å². The van der Waals surface area contributed by atoms with Crippen LogP contribution in [0.4, 0.5) is 11.6 Å². The molecule has 0 radical (unpaired) electrons. The van der Waals surface area contributed by atoms with Crippen molar-refractivity contribution in [2.24, 2.45) is 0 Å². The predicted molar refractivity (Wildman–Crippen MR) is 136 cm³/mol. The minimum Gasteiger partial charge on any atom is -0.497 e. The summed E-state index contributed by atoms with van der Waals surface area (Å²) in [4.78, 5) is 16.8. The Labute approximate surface area is 205 Å². The van der Waals surface area contributed by atoms with Crippen LogP contribution in [-0.2, 0) is 13.0 Å². The van der Waals surface area contributed by atoms with Gasteiger partial charge in [0.1, 0.15) is 17.0 Å². The van der Waals surface area contributed by atoms with Gasteiger partial charge in [0, 0.05) is 18.7 Å². The van der Waals surface area contributed by atoms with Crippen LogP contribution in [0.25, 0.3) is 22.7 Å². The fourth-order valence-electron chi connectivity index (χ4n) is 4.55. The third kappa shape index (κ3) is 5.45. The number of aryl methyl sites for hydroxylation is 2. The largest absolute Gasteiger partial charge is 0.497 e. The molecule has 9 nitrogen and oxygen atoms in total. The number of piperidine rings is 1.